The highest BCUT2D eigenvalue weighted by molar-refractivity contribution is 5.91. The minimum Gasteiger partial charge on any atom is -0.619 e. The molecule has 1 radical (unpaired) electrons. The molecule has 1 aromatic heterocycles. The van der Waals surface area contributed by atoms with E-state index >= 15 is 0 Å². The van der Waals surface area contributed by atoms with Crippen molar-refractivity contribution >= 4 is 5.91 Å². The SMILES string of the molecule is [NH]C(=O)c1ccc[n+]([O-])c1. The van der Waals surface area contributed by atoms with Gasteiger partial charge in [-0.15, -0.1) is 0 Å². The fraction of sp³-hybridized carbons (Fsp3) is 0. The molecule has 1 aromatic rings. The van der Waals surface area contributed by atoms with Gasteiger partial charge in [0.1, 0.15) is 5.56 Å². The van der Waals surface area contributed by atoms with Crippen LogP contribution in [0.1, 0.15) is 10.4 Å². The molecule has 1 rings (SSSR count). The first-order valence-electron chi connectivity index (χ1n) is 2.65. The number of hydrogen-bond acceptors (Lipinski definition) is 2. The maximum absolute atomic E-state index is 10.5. The summed E-state index contributed by atoms with van der Waals surface area (Å²) in [5.74, 6) is -0.842. The molecule has 4 heteroatoms. The van der Waals surface area contributed by atoms with Gasteiger partial charge in [-0.05, 0) is 6.07 Å². The fourth-order valence-electron chi connectivity index (χ4n) is 0.589. The van der Waals surface area contributed by atoms with E-state index in [1.165, 1.54) is 18.3 Å². The van der Waals surface area contributed by atoms with Crippen molar-refractivity contribution in [3.8, 4) is 0 Å². The topological polar surface area (TPSA) is 67.8 Å². The highest BCUT2D eigenvalue weighted by atomic mass is 16.5. The molecule has 10 heavy (non-hydrogen) atoms. The van der Waals surface area contributed by atoms with E-state index in [1.807, 2.05) is 0 Å². The van der Waals surface area contributed by atoms with Crippen molar-refractivity contribution in [2.45, 2.75) is 0 Å². The standard InChI is InChI=1S/C6H5N2O2/c7-6(9)5-2-1-3-8(10)4-5/h1-4,7H. The molecule has 0 bridgehead atoms. The van der Waals surface area contributed by atoms with Crippen molar-refractivity contribution < 1.29 is 9.52 Å². The van der Waals surface area contributed by atoms with Gasteiger partial charge in [0, 0.05) is 6.07 Å². The summed E-state index contributed by atoms with van der Waals surface area (Å²) in [6, 6.07) is 2.85. The lowest BCUT2D eigenvalue weighted by Gasteiger charge is -1.94. The summed E-state index contributed by atoms with van der Waals surface area (Å²) in [6.07, 6.45) is 2.32. The highest BCUT2D eigenvalue weighted by Gasteiger charge is 2.02. The van der Waals surface area contributed by atoms with Crippen molar-refractivity contribution in [1.29, 1.82) is 0 Å². The van der Waals surface area contributed by atoms with Crippen molar-refractivity contribution in [3.05, 3.63) is 35.3 Å². The van der Waals surface area contributed by atoms with E-state index in [9.17, 15) is 10.0 Å². The molecule has 1 heterocycles. The van der Waals surface area contributed by atoms with Gasteiger partial charge in [0.05, 0.1) is 0 Å². The van der Waals surface area contributed by atoms with Gasteiger partial charge in [0.15, 0.2) is 12.4 Å². The number of hydrogen-bond donors (Lipinski definition) is 0. The van der Waals surface area contributed by atoms with Crippen LogP contribution in [0.4, 0.5) is 0 Å². The van der Waals surface area contributed by atoms with Crippen LogP contribution < -0.4 is 10.5 Å². The zero-order valence-electron chi connectivity index (χ0n) is 5.07. The molecule has 0 saturated heterocycles. The summed E-state index contributed by atoms with van der Waals surface area (Å²) < 4.78 is 0.488. The van der Waals surface area contributed by atoms with Crippen LogP contribution in [0, 0.1) is 5.21 Å². The molecule has 4 nitrogen and oxygen atoms in total. The van der Waals surface area contributed by atoms with Gasteiger partial charge in [0.2, 0.25) is 0 Å². The quantitative estimate of drug-likeness (QED) is 0.395. The van der Waals surface area contributed by atoms with E-state index in [4.69, 9.17) is 5.73 Å². The molecule has 0 aliphatic rings. The Morgan fingerprint density at radius 2 is 2.40 bits per heavy atom. The first kappa shape index (κ1) is 6.54. The minimum atomic E-state index is -0.842. The number of rotatable bonds is 1. The summed E-state index contributed by atoms with van der Waals surface area (Å²) in [4.78, 5) is 10.3. The van der Waals surface area contributed by atoms with Gasteiger partial charge < -0.3 is 5.21 Å². The van der Waals surface area contributed by atoms with Crippen molar-refractivity contribution in [3.63, 3.8) is 0 Å². The Bertz CT molecular complexity index is 260. The first-order valence-corrected chi connectivity index (χ1v) is 2.65. The Labute approximate surface area is 57.5 Å². The van der Waals surface area contributed by atoms with E-state index in [1.54, 1.807) is 0 Å². The predicted octanol–water partition coefficient (Wildman–Crippen LogP) is -0.257. The molecule has 1 amide bonds. The van der Waals surface area contributed by atoms with E-state index in [0.717, 1.165) is 6.20 Å². The van der Waals surface area contributed by atoms with Crippen molar-refractivity contribution in [1.82, 2.24) is 5.73 Å². The van der Waals surface area contributed by atoms with Gasteiger partial charge in [-0.3, -0.25) is 10.5 Å². The third-order valence-electron chi connectivity index (χ3n) is 1.04. The lowest BCUT2D eigenvalue weighted by molar-refractivity contribution is -0.605. The molecule has 0 fully saturated rings. The van der Waals surface area contributed by atoms with Gasteiger partial charge in [-0.2, -0.15) is 4.73 Å². The van der Waals surface area contributed by atoms with E-state index < -0.39 is 5.91 Å². The lowest BCUT2D eigenvalue weighted by atomic mass is 10.3. The maximum atomic E-state index is 10.5. The van der Waals surface area contributed by atoms with Crippen LogP contribution in [0.3, 0.4) is 0 Å². The largest absolute Gasteiger partial charge is 0.619 e. The number of carbonyl (C=O) groups excluding carboxylic acids is 1. The molecule has 0 atom stereocenters. The van der Waals surface area contributed by atoms with E-state index in [0.29, 0.717) is 4.73 Å². The fourth-order valence-corrected chi connectivity index (χ4v) is 0.589. The number of carbonyl (C=O) groups is 1. The Hall–Kier alpha value is -1.58. The van der Waals surface area contributed by atoms with E-state index in [2.05, 4.69) is 0 Å². The second kappa shape index (κ2) is 2.34. The number of nitrogens with one attached hydrogen (secondary N) is 1. The number of nitrogens with zero attached hydrogens (tertiary/aromatic N) is 1. The van der Waals surface area contributed by atoms with Crippen molar-refractivity contribution in [2.24, 2.45) is 0 Å². The molecule has 0 aliphatic heterocycles. The summed E-state index contributed by atoms with van der Waals surface area (Å²) >= 11 is 0. The van der Waals surface area contributed by atoms with Crippen LogP contribution in [0.25, 0.3) is 0 Å². The Kier molecular flexibility index (Phi) is 1.53. The molecular weight excluding hydrogens is 132 g/mol. The van der Waals surface area contributed by atoms with Crippen LogP contribution in [0.2, 0.25) is 0 Å². The summed E-state index contributed by atoms with van der Waals surface area (Å²) in [6.45, 7) is 0. The minimum absolute atomic E-state index is 0.109. The molecule has 0 spiro atoms. The molecular formula is C6H5N2O2. The molecule has 0 aliphatic carbocycles. The van der Waals surface area contributed by atoms with Crippen LogP contribution >= 0.6 is 0 Å². The van der Waals surface area contributed by atoms with Crippen molar-refractivity contribution in [2.75, 3.05) is 0 Å². The normalized spacial score (nSPS) is 9.20. The van der Waals surface area contributed by atoms with Crippen LogP contribution in [-0.4, -0.2) is 5.91 Å². The smallest absolute Gasteiger partial charge is 0.275 e. The molecule has 0 unspecified atom stereocenters. The number of amides is 1. The lowest BCUT2D eigenvalue weighted by Crippen LogP contribution is -2.25. The molecule has 1 N–H and O–H groups in total. The zero-order valence-corrected chi connectivity index (χ0v) is 5.07. The Balaban J connectivity index is 3.07. The molecule has 0 saturated carbocycles. The van der Waals surface area contributed by atoms with Crippen LogP contribution in [-0.2, 0) is 0 Å². The van der Waals surface area contributed by atoms with Gasteiger partial charge >= 0.3 is 0 Å². The second-order valence-corrected chi connectivity index (χ2v) is 1.78. The monoisotopic (exact) mass is 137 g/mol. The first-order chi connectivity index (χ1) is 4.70. The third kappa shape index (κ3) is 1.22. The average Bonchev–Trinajstić information content (AvgIpc) is 1.88. The summed E-state index contributed by atoms with van der Waals surface area (Å²) in [5, 5.41) is 10.5. The predicted molar refractivity (Wildman–Crippen MR) is 32.8 cm³/mol. The molecule has 0 aromatic carbocycles. The van der Waals surface area contributed by atoms with Crippen LogP contribution in [0.5, 0.6) is 0 Å². The highest BCUT2D eigenvalue weighted by Crippen LogP contribution is 1.91. The summed E-state index contributed by atoms with van der Waals surface area (Å²) in [5.41, 5.74) is 6.73. The Morgan fingerprint density at radius 1 is 1.70 bits per heavy atom. The summed E-state index contributed by atoms with van der Waals surface area (Å²) in [7, 11) is 0. The number of pyridine rings is 1. The van der Waals surface area contributed by atoms with Crippen LogP contribution in [0.15, 0.2) is 24.5 Å². The zero-order chi connectivity index (χ0) is 7.56. The van der Waals surface area contributed by atoms with Gasteiger partial charge in [-0.25, -0.2) is 0 Å². The van der Waals surface area contributed by atoms with E-state index in [-0.39, 0.29) is 5.56 Å². The van der Waals surface area contributed by atoms with Gasteiger partial charge in [0.25, 0.3) is 5.91 Å². The number of aromatic nitrogens is 1. The molecule has 51 valence electrons. The van der Waals surface area contributed by atoms with Gasteiger partial charge in [-0.1, -0.05) is 0 Å². The maximum Gasteiger partial charge on any atom is 0.275 e. The second-order valence-electron chi connectivity index (χ2n) is 1.78. The third-order valence-corrected chi connectivity index (χ3v) is 1.04. The average molecular weight is 137 g/mol. The Morgan fingerprint density at radius 3 is 2.80 bits per heavy atom.